The highest BCUT2D eigenvalue weighted by atomic mass is 32.2. The molecule has 3 N–H and O–H groups in total. The zero-order valence-electron chi connectivity index (χ0n) is 11.9. The van der Waals surface area contributed by atoms with Gasteiger partial charge in [-0.2, -0.15) is 0 Å². The molecule has 2 unspecified atom stereocenters. The van der Waals surface area contributed by atoms with Crippen LogP contribution in [0.3, 0.4) is 0 Å². The molecule has 1 aromatic rings. The van der Waals surface area contributed by atoms with Crippen molar-refractivity contribution < 1.29 is 9.18 Å². The minimum Gasteiger partial charge on any atom is -0.368 e. The zero-order chi connectivity index (χ0) is 14.8. The van der Waals surface area contributed by atoms with E-state index in [1.807, 2.05) is 19.9 Å². The van der Waals surface area contributed by atoms with Gasteiger partial charge in [0, 0.05) is 16.2 Å². The lowest BCUT2D eigenvalue weighted by molar-refractivity contribution is -0.124. The van der Waals surface area contributed by atoms with Gasteiger partial charge < -0.3 is 11.1 Å². The Balaban J connectivity index is 2.07. The largest absolute Gasteiger partial charge is 0.368 e. The van der Waals surface area contributed by atoms with Gasteiger partial charge >= 0.3 is 0 Å². The third-order valence-electron chi connectivity index (χ3n) is 3.64. The van der Waals surface area contributed by atoms with E-state index in [1.54, 1.807) is 12.1 Å². The third-order valence-corrected chi connectivity index (χ3v) is 4.96. The molecule has 3 nitrogen and oxygen atoms in total. The van der Waals surface area contributed by atoms with Crippen LogP contribution >= 0.6 is 11.8 Å². The average molecular weight is 296 g/mol. The molecule has 0 aliphatic heterocycles. The second kappa shape index (κ2) is 6.14. The molecule has 1 amide bonds. The first-order chi connectivity index (χ1) is 9.43. The molecule has 1 aliphatic carbocycles. The first-order valence-electron chi connectivity index (χ1n) is 6.92. The maximum atomic E-state index is 13.7. The van der Waals surface area contributed by atoms with Crippen LogP contribution in [0.25, 0.3) is 0 Å². The molecule has 2 atom stereocenters. The van der Waals surface area contributed by atoms with Crippen molar-refractivity contribution in [1.82, 2.24) is 5.32 Å². The predicted molar refractivity (Wildman–Crippen MR) is 80.1 cm³/mol. The fraction of sp³-hybridized carbons (Fsp3) is 0.533. The summed E-state index contributed by atoms with van der Waals surface area (Å²) in [5, 5.41) is 3.52. The third kappa shape index (κ3) is 3.33. The topological polar surface area (TPSA) is 55.1 Å². The predicted octanol–water partition coefficient (Wildman–Crippen LogP) is 2.69. The number of nitrogens with one attached hydrogen (secondary N) is 1. The minimum absolute atomic E-state index is 0.194. The molecule has 1 fully saturated rings. The lowest BCUT2D eigenvalue weighted by Gasteiger charge is -2.29. The van der Waals surface area contributed by atoms with Crippen molar-refractivity contribution in [2.75, 3.05) is 0 Å². The van der Waals surface area contributed by atoms with Crippen molar-refractivity contribution in [3.8, 4) is 0 Å². The van der Waals surface area contributed by atoms with Crippen LogP contribution in [0, 0.1) is 5.82 Å². The number of benzene rings is 1. The number of carbonyl (C=O) groups excluding carboxylic acids is 1. The first kappa shape index (κ1) is 15.3. The second-order valence-corrected chi connectivity index (χ2v) is 7.00. The normalized spacial score (nSPS) is 26.1. The number of rotatable bonds is 5. The molecule has 0 radical (unpaired) electrons. The zero-order valence-corrected chi connectivity index (χ0v) is 12.7. The summed E-state index contributed by atoms with van der Waals surface area (Å²) >= 11 is 1.50. The van der Waals surface area contributed by atoms with Crippen LogP contribution in [0.2, 0.25) is 0 Å². The monoisotopic (exact) mass is 296 g/mol. The highest BCUT2D eigenvalue weighted by Gasteiger charge is 2.44. The van der Waals surface area contributed by atoms with Crippen molar-refractivity contribution >= 4 is 17.7 Å². The molecule has 0 saturated heterocycles. The molecule has 1 aromatic carbocycles. The number of primary amides is 1. The van der Waals surface area contributed by atoms with E-state index < -0.39 is 5.54 Å². The number of nitrogens with two attached hydrogens (primary N) is 1. The van der Waals surface area contributed by atoms with E-state index in [0.717, 1.165) is 6.42 Å². The lowest BCUT2D eigenvalue weighted by Crippen LogP contribution is -2.56. The highest BCUT2D eigenvalue weighted by Crippen LogP contribution is 2.41. The van der Waals surface area contributed by atoms with Gasteiger partial charge in [-0.3, -0.25) is 4.79 Å². The fourth-order valence-electron chi connectivity index (χ4n) is 2.80. The summed E-state index contributed by atoms with van der Waals surface area (Å²) in [7, 11) is 0. The molecule has 20 heavy (non-hydrogen) atoms. The second-order valence-electron chi connectivity index (χ2n) is 5.66. The Morgan fingerprint density at radius 1 is 1.50 bits per heavy atom. The van der Waals surface area contributed by atoms with Gasteiger partial charge in [-0.1, -0.05) is 12.1 Å². The van der Waals surface area contributed by atoms with Gasteiger partial charge in [0.15, 0.2) is 0 Å². The molecule has 5 heteroatoms. The van der Waals surface area contributed by atoms with E-state index in [1.165, 1.54) is 17.8 Å². The van der Waals surface area contributed by atoms with Crippen LogP contribution < -0.4 is 11.1 Å². The minimum atomic E-state index is -0.642. The summed E-state index contributed by atoms with van der Waals surface area (Å²) < 4.78 is 13.7. The lowest BCUT2D eigenvalue weighted by atomic mass is 9.96. The molecule has 0 bridgehead atoms. The maximum absolute atomic E-state index is 13.7. The Kier molecular flexibility index (Phi) is 4.70. The molecular weight excluding hydrogens is 275 g/mol. The molecule has 0 spiro atoms. The van der Waals surface area contributed by atoms with Crippen molar-refractivity contribution in [3.63, 3.8) is 0 Å². The van der Waals surface area contributed by atoms with Gasteiger partial charge in [-0.05, 0) is 45.2 Å². The average Bonchev–Trinajstić information content (AvgIpc) is 2.76. The smallest absolute Gasteiger partial charge is 0.237 e. The summed E-state index contributed by atoms with van der Waals surface area (Å²) in [4.78, 5) is 12.4. The number of hydrogen-bond donors (Lipinski definition) is 2. The van der Waals surface area contributed by atoms with E-state index in [2.05, 4.69) is 5.32 Å². The van der Waals surface area contributed by atoms with E-state index >= 15 is 0 Å². The Hall–Kier alpha value is -1.07. The molecule has 0 heterocycles. The van der Waals surface area contributed by atoms with Gasteiger partial charge in [0.1, 0.15) is 5.82 Å². The fourth-order valence-corrected chi connectivity index (χ4v) is 4.10. The van der Waals surface area contributed by atoms with Crippen LogP contribution in [-0.4, -0.2) is 22.7 Å². The summed E-state index contributed by atoms with van der Waals surface area (Å²) in [6.07, 6.45) is 2.23. The Morgan fingerprint density at radius 2 is 2.20 bits per heavy atom. The number of carbonyl (C=O) groups is 1. The van der Waals surface area contributed by atoms with Gasteiger partial charge in [-0.15, -0.1) is 11.8 Å². The molecule has 1 aliphatic rings. The summed E-state index contributed by atoms with van der Waals surface area (Å²) in [5.74, 6) is -0.506. The Morgan fingerprint density at radius 3 is 2.80 bits per heavy atom. The van der Waals surface area contributed by atoms with Crippen LogP contribution in [0.5, 0.6) is 0 Å². The van der Waals surface area contributed by atoms with Crippen molar-refractivity contribution in [1.29, 1.82) is 0 Å². The Bertz CT molecular complexity index is 495. The number of halogens is 1. The number of thioether (sulfide) groups is 1. The van der Waals surface area contributed by atoms with E-state index in [0.29, 0.717) is 17.7 Å². The SMILES string of the molecule is CC(C)NC1(C(N)=O)CCC(Sc2ccccc2F)C1. The molecule has 110 valence electrons. The number of hydrogen-bond acceptors (Lipinski definition) is 3. The quantitative estimate of drug-likeness (QED) is 0.878. The highest BCUT2D eigenvalue weighted by molar-refractivity contribution is 8.00. The Labute approximate surface area is 123 Å². The van der Waals surface area contributed by atoms with Crippen LogP contribution in [0.4, 0.5) is 4.39 Å². The van der Waals surface area contributed by atoms with E-state index in [-0.39, 0.29) is 23.0 Å². The standard InChI is InChI=1S/C15H21FN2OS/c1-10(2)18-15(14(17)19)8-7-11(9-15)20-13-6-4-3-5-12(13)16/h3-6,10-11,18H,7-9H2,1-2H3,(H2,17,19). The molecule has 0 aromatic heterocycles. The van der Waals surface area contributed by atoms with E-state index in [4.69, 9.17) is 5.73 Å². The van der Waals surface area contributed by atoms with Crippen molar-refractivity contribution in [2.24, 2.45) is 5.73 Å². The van der Waals surface area contributed by atoms with E-state index in [9.17, 15) is 9.18 Å². The van der Waals surface area contributed by atoms with Crippen molar-refractivity contribution in [2.45, 2.75) is 54.8 Å². The summed E-state index contributed by atoms with van der Waals surface area (Å²) in [6, 6.07) is 6.95. The number of amides is 1. The van der Waals surface area contributed by atoms with Gasteiger partial charge in [0.2, 0.25) is 5.91 Å². The molecule has 2 rings (SSSR count). The maximum Gasteiger partial charge on any atom is 0.237 e. The molecular formula is C15H21FN2OS. The van der Waals surface area contributed by atoms with Crippen molar-refractivity contribution in [3.05, 3.63) is 30.1 Å². The van der Waals surface area contributed by atoms with Gasteiger partial charge in [0.25, 0.3) is 0 Å². The van der Waals surface area contributed by atoms with Gasteiger partial charge in [-0.25, -0.2) is 4.39 Å². The molecule has 1 saturated carbocycles. The van der Waals surface area contributed by atoms with Gasteiger partial charge in [0.05, 0.1) is 5.54 Å². The summed E-state index contributed by atoms with van der Waals surface area (Å²) in [5.41, 5.74) is 4.94. The van der Waals surface area contributed by atoms with Crippen LogP contribution in [-0.2, 0) is 4.79 Å². The van der Waals surface area contributed by atoms with Crippen LogP contribution in [0.1, 0.15) is 33.1 Å². The summed E-state index contributed by atoms with van der Waals surface area (Å²) in [6.45, 7) is 4.00. The van der Waals surface area contributed by atoms with Crippen LogP contribution in [0.15, 0.2) is 29.2 Å². The first-order valence-corrected chi connectivity index (χ1v) is 7.80.